The van der Waals surface area contributed by atoms with Crippen molar-refractivity contribution in [3.8, 4) is 12.3 Å². The number of benzene rings is 1. The third-order valence-corrected chi connectivity index (χ3v) is 2.64. The summed E-state index contributed by atoms with van der Waals surface area (Å²) in [4.78, 5) is 0. The fourth-order valence-electron chi connectivity index (χ4n) is 1.05. The van der Waals surface area contributed by atoms with E-state index >= 15 is 0 Å². The highest BCUT2D eigenvalue weighted by molar-refractivity contribution is 14.1. The van der Waals surface area contributed by atoms with Crippen LogP contribution in [0.3, 0.4) is 0 Å². The summed E-state index contributed by atoms with van der Waals surface area (Å²) in [5.74, 6) is 2.37. The molecule has 0 amide bonds. The standard InChI is InChI=1S/C11H11FIN/c1-2-3-4-7-14-11-6-5-9(12)8-10(11)13/h1,5-6,8,14H,3-4,7H2. The Labute approximate surface area is 97.2 Å². The van der Waals surface area contributed by atoms with E-state index in [-0.39, 0.29) is 5.82 Å². The molecule has 3 heteroatoms. The first kappa shape index (κ1) is 11.3. The Bertz CT molecular complexity index is 344. The molecular formula is C11H11FIN. The molecule has 0 aliphatic rings. The first-order valence-electron chi connectivity index (χ1n) is 4.36. The topological polar surface area (TPSA) is 12.0 Å². The van der Waals surface area contributed by atoms with Crippen molar-refractivity contribution in [2.45, 2.75) is 12.8 Å². The zero-order valence-corrected chi connectivity index (χ0v) is 9.84. The van der Waals surface area contributed by atoms with Crippen LogP contribution in [-0.2, 0) is 0 Å². The highest BCUT2D eigenvalue weighted by Crippen LogP contribution is 2.18. The van der Waals surface area contributed by atoms with Gasteiger partial charge in [-0.1, -0.05) is 0 Å². The molecule has 1 aromatic rings. The van der Waals surface area contributed by atoms with E-state index in [0.29, 0.717) is 0 Å². The predicted molar refractivity (Wildman–Crippen MR) is 65.7 cm³/mol. The van der Waals surface area contributed by atoms with Gasteiger partial charge < -0.3 is 5.32 Å². The van der Waals surface area contributed by atoms with Crippen LogP contribution in [-0.4, -0.2) is 6.54 Å². The fourth-order valence-corrected chi connectivity index (χ4v) is 1.71. The van der Waals surface area contributed by atoms with E-state index in [2.05, 4.69) is 33.8 Å². The van der Waals surface area contributed by atoms with Crippen molar-refractivity contribution in [2.75, 3.05) is 11.9 Å². The number of hydrogen-bond donors (Lipinski definition) is 1. The van der Waals surface area contributed by atoms with Crippen LogP contribution >= 0.6 is 22.6 Å². The van der Waals surface area contributed by atoms with Crippen LogP contribution in [0.25, 0.3) is 0 Å². The number of unbranched alkanes of at least 4 members (excludes halogenated alkanes) is 1. The molecule has 0 unspecified atom stereocenters. The second-order valence-corrected chi connectivity index (χ2v) is 4.02. The van der Waals surface area contributed by atoms with Crippen LogP contribution in [0.2, 0.25) is 0 Å². The monoisotopic (exact) mass is 303 g/mol. The molecule has 1 N–H and O–H groups in total. The maximum atomic E-state index is 12.7. The maximum absolute atomic E-state index is 12.7. The SMILES string of the molecule is C#CCCCNc1ccc(F)cc1I. The lowest BCUT2D eigenvalue weighted by molar-refractivity contribution is 0.627. The van der Waals surface area contributed by atoms with Crippen LogP contribution in [0.15, 0.2) is 18.2 Å². The number of halogens is 2. The summed E-state index contributed by atoms with van der Waals surface area (Å²) in [5, 5.41) is 3.21. The molecule has 0 atom stereocenters. The van der Waals surface area contributed by atoms with Crippen molar-refractivity contribution in [3.05, 3.63) is 27.6 Å². The van der Waals surface area contributed by atoms with Gasteiger partial charge in [0.25, 0.3) is 0 Å². The summed E-state index contributed by atoms with van der Waals surface area (Å²) >= 11 is 2.10. The average molecular weight is 303 g/mol. The molecular weight excluding hydrogens is 292 g/mol. The predicted octanol–water partition coefficient (Wildman–Crippen LogP) is 3.26. The van der Waals surface area contributed by atoms with Crippen LogP contribution in [0.4, 0.5) is 10.1 Å². The third kappa shape index (κ3) is 3.54. The van der Waals surface area contributed by atoms with Crippen molar-refractivity contribution in [1.29, 1.82) is 0 Å². The summed E-state index contributed by atoms with van der Waals surface area (Å²) in [6.45, 7) is 0.825. The van der Waals surface area contributed by atoms with Gasteiger partial charge in [-0.05, 0) is 47.2 Å². The van der Waals surface area contributed by atoms with Gasteiger partial charge in [-0.25, -0.2) is 4.39 Å². The first-order valence-corrected chi connectivity index (χ1v) is 5.44. The fraction of sp³-hybridized carbons (Fsp3) is 0.273. The molecule has 0 saturated heterocycles. The molecule has 74 valence electrons. The second-order valence-electron chi connectivity index (χ2n) is 2.86. The highest BCUT2D eigenvalue weighted by atomic mass is 127. The quantitative estimate of drug-likeness (QED) is 0.511. The first-order chi connectivity index (χ1) is 6.74. The zero-order valence-electron chi connectivity index (χ0n) is 7.69. The lowest BCUT2D eigenvalue weighted by atomic mass is 10.3. The molecule has 0 bridgehead atoms. The van der Waals surface area contributed by atoms with E-state index in [4.69, 9.17) is 6.42 Å². The number of anilines is 1. The Morgan fingerprint density at radius 2 is 2.29 bits per heavy atom. The minimum Gasteiger partial charge on any atom is -0.384 e. The van der Waals surface area contributed by atoms with Crippen molar-refractivity contribution in [1.82, 2.24) is 0 Å². The Morgan fingerprint density at radius 1 is 1.50 bits per heavy atom. The molecule has 1 aromatic carbocycles. The highest BCUT2D eigenvalue weighted by Gasteiger charge is 1.99. The van der Waals surface area contributed by atoms with E-state index in [9.17, 15) is 4.39 Å². The molecule has 0 fully saturated rings. The summed E-state index contributed by atoms with van der Waals surface area (Å²) < 4.78 is 13.6. The molecule has 0 spiro atoms. The van der Waals surface area contributed by atoms with Crippen molar-refractivity contribution >= 4 is 28.3 Å². The van der Waals surface area contributed by atoms with Gasteiger partial charge in [0.2, 0.25) is 0 Å². The molecule has 0 aliphatic carbocycles. The molecule has 0 heterocycles. The van der Waals surface area contributed by atoms with E-state index in [1.54, 1.807) is 6.07 Å². The minimum atomic E-state index is -0.205. The van der Waals surface area contributed by atoms with Gasteiger partial charge in [0, 0.05) is 22.2 Å². The van der Waals surface area contributed by atoms with Crippen molar-refractivity contribution in [2.24, 2.45) is 0 Å². The van der Waals surface area contributed by atoms with Crippen molar-refractivity contribution < 1.29 is 4.39 Å². The van der Waals surface area contributed by atoms with Gasteiger partial charge >= 0.3 is 0 Å². The van der Waals surface area contributed by atoms with Gasteiger partial charge in [0.05, 0.1) is 0 Å². The number of rotatable bonds is 4. The van der Waals surface area contributed by atoms with Crippen LogP contribution in [0, 0.1) is 21.7 Å². The Kier molecular flexibility index (Phi) is 4.74. The largest absolute Gasteiger partial charge is 0.384 e. The molecule has 1 nitrogen and oxygen atoms in total. The van der Waals surface area contributed by atoms with E-state index in [0.717, 1.165) is 28.6 Å². The second kappa shape index (κ2) is 5.86. The summed E-state index contributed by atoms with van der Waals surface area (Å²) in [6, 6.07) is 4.70. The molecule has 1 rings (SSSR count). The van der Waals surface area contributed by atoms with Crippen LogP contribution in [0.1, 0.15) is 12.8 Å². The Hall–Kier alpha value is -0.760. The summed E-state index contributed by atoms with van der Waals surface area (Å²) in [5.41, 5.74) is 0.962. The normalized spacial score (nSPS) is 9.50. The molecule has 0 aromatic heterocycles. The Morgan fingerprint density at radius 3 is 2.93 bits per heavy atom. The van der Waals surface area contributed by atoms with Gasteiger partial charge in [-0.15, -0.1) is 12.3 Å². The van der Waals surface area contributed by atoms with Gasteiger partial charge in [0.1, 0.15) is 5.82 Å². The molecule has 0 radical (unpaired) electrons. The minimum absolute atomic E-state index is 0.205. The smallest absolute Gasteiger partial charge is 0.124 e. The van der Waals surface area contributed by atoms with Gasteiger partial charge in [0.15, 0.2) is 0 Å². The number of hydrogen-bond acceptors (Lipinski definition) is 1. The van der Waals surface area contributed by atoms with E-state index in [1.165, 1.54) is 12.1 Å². The van der Waals surface area contributed by atoms with Gasteiger partial charge in [-0.3, -0.25) is 0 Å². The summed E-state index contributed by atoms with van der Waals surface area (Å²) in [6.07, 6.45) is 6.83. The van der Waals surface area contributed by atoms with Crippen LogP contribution < -0.4 is 5.32 Å². The van der Waals surface area contributed by atoms with E-state index in [1.807, 2.05) is 0 Å². The number of terminal acetylenes is 1. The average Bonchev–Trinajstić information content (AvgIpc) is 2.15. The van der Waals surface area contributed by atoms with Gasteiger partial charge in [-0.2, -0.15) is 0 Å². The molecule has 14 heavy (non-hydrogen) atoms. The lowest BCUT2D eigenvalue weighted by Crippen LogP contribution is -2.02. The molecule has 0 saturated carbocycles. The summed E-state index contributed by atoms with van der Waals surface area (Å²) in [7, 11) is 0. The number of nitrogens with one attached hydrogen (secondary N) is 1. The lowest BCUT2D eigenvalue weighted by Gasteiger charge is -2.07. The third-order valence-electron chi connectivity index (χ3n) is 1.74. The maximum Gasteiger partial charge on any atom is 0.124 e. The zero-order chi connectivity index (χ0) is 10.4. The van der Waals surface area contributed by atoms with E-state index < -0.39 is 0 Å². The molecule has 0 aliphatic heterocycles. The van der Waals surface area contributed by atoms with Crippen LogP contribution in [0.5, 0.6) is 0 Å². The van der Waals surface area contributed by atoms with Crippen molar-refractivity contribution in [3.63, 3.8) is 0 Å². The Balaban J connectivity index is 2.47.